The summed E-state index contributed by atoms with van der Waals surface area (Å²) in [6, 6.07) is 1.99. The first kappa shape index (κ1) is 31.6. The number of thiophene rings is 1. The van der Waals surface area contributed by atoms with Crippen LogP contribution in [0.2, 0.25) is 0 Å². The van der Waals surface area contributed by atoms with Crippen molar-refractivity contribution in [1.29, 1.82) is 0 Å². The molecule has 3 aromatic heterocycles. The molecule has 10 nitrogen and oxygen atoms in total. The Morgan fingerprint density at radius 3 is 2.29 bits per heavy atom. The van der Waals surface area contributed by atoms with Crippen molar-refractivity contribution in [2.75, 3.05) is 43.9 Å². The van der Waals surface area contributed by atoms with Gasteiger partial charge in [-0.1, -0.05) is 34.6 Å². The lowest BCUT2D eigenvalue weighted by molar-refractivity contribution is 0.222. The Bertz CT molecular complexity index is 1250. The van der Waals surface area contributed by atoms with E-state index in [0.717, 1.165) is 40.3 Å². The standard InChI is InChI=1S/C19H26N6O4S3.C4H10.C2H2/c1-12(2)13-8-14(29-10-13)9-20-17-18(23-31-22-17)21-15-11-30-19(16(15)26)32(27,28)25-6-4-24(3)5-7-25;1-4(2)3;1-2/h8,10-12,26H,4-7,9H2,1-3H3,(H,20,22)(H,21,23);4H,1-3H3;1-2H. The van der Waals surface area contributed by atoms with Crippen LogP contribution in [-0.2, 0) is 16.6 Å². The highest BCUT2D eigenvalue weighted by molar-refractivity contribution is 7.91. The van der Waals surface area contributed by atoms with Crippen LogP contribution in [0.5, 0.6) is 5.75 Å². The Hall–Kier alpha value is -2.63. The van der Waals surface area contributed by atoms with E-state index in [0.29, 0.717) is 50.3 Å². The fourth-order valence-corrected chi connectivity index (χ4v) is 6.51. The predicted octanol–water partition coefficient (Wildman–Crippen LogP) is 5.23. The molecule has 1 aliphatic rings. The molecule has 4 rings (SSSR count). The SMILES string of the molecule is C#C.CC(C)C.CC(C)c1coc(CNc2nsnc2Nc2csc(S(=O)(=O)N3CCN(C)CC3)c2O)c1. The molecule has 0 amide bonds. The summed E-state index contributed by atoms with van der Waals surface area (Å²) in [4.78, 5) is 2.07. The van der Waals surface area contributed by atoms with Crippen LogP contribution in [0.1, 0.15) is 51.9 Å². The van der Waals surface area contributed by atoms with Crippen LogP contribution in [0.25, 0.3) is 0 Å². The minimum Gasteiger partial charge on any atom is -0.504 e. The number of anilines is 3. The zero-order valence-corrected chi connectivity index (χ0v) is 25.2. The van der Waals surface area contributed by atoms with Gasteiger partial charge < -0.3 is 25.1 Å². The third-order valence-corrected chi connectivity index (χ3v) is 9.20. The molecule has 0 saturated carbocycles. The minimum absolute atomic E-state index is 0.0703. The van der Waals surface area contributed by atoms with E-state index < -0.39 is 10.0 Å². The summed E-state index contributed by atoms with van der Waals surface area (Å²) >= 11 is 1.99. The lowest BCUT2D eigenvalue weighted by Gasteiger charge is -2.31. The van der Waals surface area contributed by atoms with Crippen molar-refractivity contribution in [2.45, 2.75) is 51.3 Å². The van der Waals surface area contributed by atoms with Gasteiger partial charge in [0.2, 0.25) is 0 Å². The molecule has 13 heteroatoms. The molecular weight excluding hydrogens is 545 g/mol. The zero-order chi connectivity index (χ0) is 28.5. The van der Waals surface area contributed by atoms with Gasteiger partial charge in [-0.25, -0.2) is 8.42 Å². The van der Waals surface area contributed by atoms with Gasteiger partial charge in [-0.05, 0) is 30.5 Å². The van der Waals surface area contributed by atoms with Gasteiger partial charge in [-0.2, -0.15) is 13.1 Å². The fourth-order valence-electron chi connectivity index (χ4n) is 3.23. The van der Waals surface area contributed by atoms with Gasteiger partial charge in [0, 0.05) is 31.6 Å². The topological polar surface area (TPSA) is 124 Å². The van der Waals surface area contributed by atoms with Crippen molar-refractivity contribution >= 4 is 50.4 Å². The lowest BCUT2D eigenvalue weighted by atomic mass is 10.1. The summed E-state index contributed by atoms with van der Waals surface area (Å²) in [5.41, 5.74) is 1.40. The number of hydrogen-bond acceptors (Lipinski definition) is 11. The van der Waals surface area contributed by atoms with Gasteiger partial charge >= 0.3 is 0 Å². The smallest absolute Gasteiger partial charge is 0.256 e. The summed E-state index contributed by atoms with van der Waals surface area (Å²) in [7, 11) is -1.81. The Morgan fingerprint density at radius 1 is 1.11 bits per heavy atom. The number of likely N-dealkylation sites (N-methyl/N-ethyl adjacent to an activating group) is 1. The molecule has 3 aromatic rings. The van der Waals surface area contributed by atoms with Crippen LogP contribution in [-0.4, -0.2) is 64.7 Å². The number of terminal acetylenes is 1. The van der Waals surface area contributed by atoms with Gasteiger partial charge in [0.05, 0.1) is 30.2 Å². The maximum absolute atomic E-state index is 13.0. The first-order valence-electron chi connectivity index (χ1n) is 12.2. The summed E-state index contributed by atoms with van der Waals surface area (Å²) in [5.74, 6) is 2.57. The molecule has 1 saturated heterocycles. The maximum atomic E-state index is 13.0. The van der Waals surface area contributed by atoms with Crippen LogP contribution in [0, 0.1) is 18.8 Å². The monoisotopic (exact) mass is 582 g/mol. The van der Waals surface area contributed by atoms with Gasteiger partial charge in [0.1, 0.15) is 5.76 Å². The summed E-state index contributed by atoms with van der Waals surface area (Å²) in [5, 5.41) is 18.4. The van der Waals surface area contributed by atoms with E-state index in [1.165, 1.54) is 4.31 Å². The van der Waals surface area contributed by atoms with E-state index in [1.807, 2.05) is 13.1 Å². The number of furan rings is 1. The van der Waals surface area contributed by atoms with Crippen molar-refractivity contribution < 1.29 is 17.9 Å². The van der Waals surface area contributed by atoms with Crippen molar-refractivity contribution in [3.05, 3.63) is 29.0 Å². The summed E-state index contributed by atoms with van der Waals surface area (Å²) < 4.78 is 41.3. The number of sulfonamides is 1. The van der Waals surface area contributed by atoms with Crippen LogP contribution in [0.3, 0.4) is 0 Å². The van der Waals surface area contributed by atoms with Crippen molar-refractivity contribution in [2.24, 2.45) is 5.92 Å². The molecule has 0 radical (unpaired) electrons. The Labute approximate surface area is 234 Å². The highest BCUT2D eigenvalue weighted by atomic mass is 32.2. The second-order valence-electron chi connectivity index (χ2n) is 9.67. The molecule has 0 atom stereocenters. The van der Waals surface area contributed by atoms with E-state index in [9.17, 15) is 13.5 Å². The molecule has 210 valence electrons. The van der Waals surface area contributed by atoms with Crippen LogP contribution in [0.4, 0.5) is 17.3 Å². The number of nitrogens with zero attached hydrogens (tertiary/aromatic N) is 4. The van der Waals surface area contributed by atoms with Crippen LogP contribution < -0.4 is 10.6 Å². The molecule has 1 aliphatic heterocycles. The molecule has 3 N–H and O–H groups in total. The number of aromatic nitrogens is 2. The molecule has 0 spiro atoms. The summed E-state index contributed by atoms with van der Waals surface area (Å²) in [6.45, 7) is 13.2. The molecule has 0 unspecified atom stereocenters. The van der Waals surface area contributed by atoms with E-state index in [-0.39, 0.29) is 15.6 Å². The Morgan fingerprint density at radius 2 is 1.71 bits per heavy atom. The van der Waals surface area contributed by atoms with Gasteiger partial charge in [-0.15, -0.1) is 24.2 Å². The Kier molecular flexibility index (Phi) is 12.1. The second kappa shape index (κ2) is 14.5. The number of nitrogens with one attached hydrogen (secondary N) is 2. The zero-order valence-electron chi connectivity index (χ0n) is 22.8. The van der Waals surface area contributed by atoms with E-state index in [1.54, 1.807) is 11.6 Å². The van der Waals surface area contributed by atoms with E-state index in [2.05, 4.69) is 71.7 Å². The van der Waals surface area contributed by atoms with Crippen LogP contribution >= 0.6 is 23.1 Å². The van der Waals surface area contributed by atoms with Gasteiger partial charge in [0.15, 0.2) is 21.6 Å². The minimum atomic E-state index is -3.76. The molecular formula is C25H38N6O4S3. The summed E-state index contributed by atoms with van der Waals surface area (Å²) in [6.07, 6.45) is 9.74. The van der Waals surface area contributed by atoms with Crippen molar-refractivity contribution in [3.63, 3.8) is 0 Å². The molecule has 0 aliphatic carbocycles. The highest BCUT2D eigenvalue weighted by Crippen LogP contribution is 2.41. The molecule has 4 heterocycles. The van der Waals surface area contributed by atoms with Crippen LogP contribution in [0.15, 0.2) is 26.3 Å². The molecule has 0 bridgehead atoms. The third-order valence-electron chi connectivity index (χ3n) is 5.28. The quantitative estimate of drug-likeness (QED) is 0.307. The fraction of sp³-hybridized carbons (Fsp3) is 0.520. The van der Waals surface area contributed by atoms with E-state index in [4.69, 9.17) is 4.42 Å². The normalized spacial score (nSPS) is 14.5. The molecule has 38 heavy (non-hydrogen) atoms. The highest BCUT2D eigenvalue weighted by Gasteiger charge is 2.32. The second-order valence-corrected chi connectivity index (χ2v) is 13.2. The average molecular weight is 583 g/mol. The first-order valence-corrected chi connectivity index (χ1v) is 15.3. The largest absolute Gasteiger partial charge is 0.504 e. The molecule has 0 aromatic carbocycles. The molecule has 1 fully saturated rings. The van der Waals surface area contributed by atoms with Crippen molar-refractivity contribution in [1.82, 2.24) is 18.0 Å². The number of rotatable bonds is 8. The lowest BCUT2D eigenvalue weighted by Crippen LogP contribution is -2.46. The van der Waals surface area contributed by atoms with Gasteiger partial charge in [-0.3, -0.25) is 0 Å². The van der Waals surface area contributed by atoms with E-state index >= 15 is 0 Å². The maximum Gasteiger partial charge on any atom is 0.256 e. The average Bonchev–Trinajstić information content (AvgIpc) is 3.60. The number of hydrogen-bond donors (Lipinski definition) is 3. The Balaban J connectivity index is 0.000000773. The third kappa shape index (κ3) is 8.44. The van der Waals surface area contributed by atoms with Crippen molar-refractivity contribution in [3.8, 4) is 18.6 Å². The first-order chi connectivity index (χ1) is 18.0. The predicted molar refractivity (Wildman–Crippen MR) is 156 cm³/mol. The van der Waals surface area contributed by atoms with Gasteiger partial charge in [0.25, 0.3) is 10.0 Å². The number of aromatic hydroxyl groups is 1. The number of piperazine rings is 1.